The summed E-state index contributed by atoms with van der Waals surface area (Å²) in [6.45, 7) is 3.39. The molecule has 0 saturated carbocycles. The number of carboxylic acids is 1. The van der Waals surface area contributed by atoms with Crippen LogP contribution < -0.4 is 0 Å². The van der Waals surface area contributed by atoms with Crippen LogP contribution in [0.4, 0.5) is 0 Å². The molecule has 0 spiro atoms. The summed E-state index contributed by atoms with van der Waals surface area (Å²) >= 11 is 0. The molecule has 0 bridgehead atoms. The van der Waals surface area contributed by atoms with Crippen molar-refractivity contribution in [1.82, 2.24) is 14.7 Å². The van der Waals surface area contributed by atoms with Crippen molar-refractivity contribution in [1.29, 1.82) is 0 Å². The molecule has 7 heteroatoms. The molecule has 2 saturated heterocycles. The predicted molar refractivity (Wildman–Crippen MR) is 86.7 cm³/mol. The number of ether oxygens (including phenoxy) is 1. The summed E-state index contributed by atoms with van der Waals surface area (Å²) in [4.78, 5) is 25.6. The zero-order valence-corrected chi connectivity index (χ0v) is 14.3. The molecule has 2 aliphatic heterocycles. The summed E-state index contributed by atoms with van der Waals surface area (Å²) in [6.07, 6.45) is 5.03. The van der Waals surface area contributed by atoms with Crippen LogP contribution in [0.2, 0.25) is 0 Å². The van der Waals surface area contributed by atoms with Crippen LogP contribution in [0.25, 0.3) is 0 Å². The Morgan fingerprint density at radius 2 is 2.00 bits per heavy atom. The fourth-order valence-electron chi connectivity index (χ4n) is 3.81. The van der Waals surface area contributed by atoms with Crippen LogP contribution in [-0.4, -0.2) is 57.0 Å². The van der Waals surface area contributed by atoms with Gasteiger partial charge in [0, 0.05) is 26.3 Å². The van der Waals surface area contributed by atoms with Gasteiger partial charge in [-0.15, -0.1) is 0 Å². The maximum absolute atomic E-state index is 12.7. The molecule has 0 radical (unpaired) electrons. The third kappa shape index (κ3) is 3.31. The third-order valence-corrected chi connectivity index (χ3v) is 5.15. The number of likely N-dealkylation sites (tertiary alicyclic amines) is 1. The lowest BCUT2D eigenvalue weighted by Gasteiger charge is -2.34. The number of aliphatic carboxylic acids is 1. The van der Waals surface area contributed by atoms with Crippen LogP contribution in [0.1, 0.15) is 48.7 Å². The zero-order valence-electron chi connectivity index (χ0n) is 14.3. The number of nitrogens with zero attached hydrogens (tertiary/aromatic N) is 3. The van der Waals surface area contributed by atoms with Gasteiger partial charge in [0.15, 0.2) is 6.10 Å². The molecule has 2 fully saturated rings. The van der Waals surface area contributed by atoms with E-state index in [0.717, 1.165) is 31.4 Å². The molecule has 7 nitrogen and oxygen atoms in total. The Labute approximate surface area is 141 Å². The fraction of sp³-hybridized carbons (Fsp3) is 0.706. The van der Waals surface area contributed by atoms with E-state index in [1.807, 2.05) is 18.9 Å². The Balaban J connectivity index is 1.57. The maximum atomic E-state index is 12.7. The molecule has 3 heterocycles. The van der Waals surface area contributed by atoms with Crippen molar-refractivity contribution in [3.63, 3.8) is 0 Å². The highest BCUT2D eigenvalue weighted by Gasteiger charge is 2.37. The van der Waals surface area contributed by atoms with Gasteiger partial charge in [-0.25, -0.2) is 4.79 Å². The summed E-state index contributed by atoms with van der Waals surface area (Å²) < 4.78 is 7.36. The zero-order chi connectivity index (χ0) is 17.3. The van der Waals surface area contributed by atoms with E-state index in [-0.39, 0.29) is 12.0 Å². The maximum Gasteiger partial charge on any atom is 0.332 e. The number of hydrogen-bond donors (Lipinski definition) is 1. The monoisotopic (exact) mass is 335 g/mol. The highest BCUT2D eigenvalue weighted by molar-refractivity contribution is 5.95. The van der Waals surface area contributed by atoms with Crippen molar-refractivity contribution in [2.75, 3.05) is 13.1 Å². The smallest absolute Gasteiger partial charge is 0.332 e. The second-order valence-electron chi connectivity index (χ2n) is 6.73. The van der Waals surface area contributed by atoms with Gasteiger partial charge in [0.25, 0.3) is 5.91 Å². The van der Waals surface area contributed by atoms with Crippen molar-refractivity contribution >= 4 is 11.9 Å². The Bertz CT molecular complexity index is 619. The lowest BCUT2D eigenvalue weighted by Crippen LogP contribution is -2.41. The lowest BCUT2D eigenvalue weighted by atomic mass is 9.89. The molecular weight excluding hydrogens is 310 g/mol. The van der Waals surface area contributed by atoms with Crippen LogP contribution in [0, 0.1) is 5.92 Å². The van der Waals surface area contributed by atoms with Gasteiger partial charge in [0.2, 0.25) is 0 Å². The van der Waals surface area contributed by atoms with E-state index >= 15 is 0 Å². The molecule has 1 aromatic rings. The van der Waals surface area contributed by atoms with Gasteiger partial charge in [-0.05, 0) is 38.0 Å². The molecule has 0 unspecified atom stereocenters. The molecule has 2 atom stereocenters. The molecule has 1 aromatic heterocycles. The standard InChI is InChI=1S/C17H25N3O4/c1-3-13-12(10-19(2)18-13)16(21)20-8-6-11(7-9-20)14-4-5-15(24-14)17(22)23/h10-11,14-15H,3-9H2,1-2H3,(H,22,23)/t14-,15+/m0/s1. The second kappa shape index (κ2) is 6.93. The van der Waals surface area contributed by atoms with E-state index in [2.05, 4.69) is 5.10 Å². The molecule has 0 aromatic carbocycles. The van der Waals surface area contributed by atoms with E-state index in [0.29, 0.717) is 31.0 Å². The van der Waals surface area contributed by atoms with E-state index in [1.54, 1.807) is 10.9 Å². The van der Waals surface area contributed by atoms with Crippen molar-refractivity contribution in [3.8, 4) is 0 Å². The number of rotatable bonds is 4. The van der Waals surface area contributed by atoms with E-state index in [1.165, 1.54) is 0 Å². The molecule has 0 aliphatic carbocycles. The average molecular weight is 335 g/mol. The number of hydrogen-bond acceptors (Lipinski definition) is 4. The SMILES string of the molecule is CCc1nn(C)cc1C(=O)N1CCC([C@@H]2CC[C@H](C(=O)O)O2)CC1. The summed E-state index contributed by atoms with van der Waals surface area (Å²) in [5, 5.41) is 13.4. The Morgan fingerprint density at radius 1 is 1.29 bits per heavy atom. The van der Waals surface area contributed by atoms with Gasteiger partial charge in [0.05, 0.1) is 17.4 Å². The Kier molecular flexibility index (Phi) is 4.89. The van der Waals surface area contributed by atoms with Gasteiger partial charge in [-0.3, -0.25) is 9.48 Å². The van der Waals surface area contributed by atoms with Gasteiger partial charge >= 0.3 is 5.97 Å². The molecule has 1 amide bonds. The topological polar surface area (TPSA) is 84.7 Å². The van der Waals surface area contributed by atoms with Gasteiger partial charge < -0.3 is 14.7 Å². The number of piperidine rings is 1. The molecular formula is C17H25N3O4. The minimum absolute atomic E-state index is 0.0212. The molecule has 3 rings (SSSR count). The quantitative estimate of drug-likeness (QED) is 0.900. The molecule has 132 valence electrons. The third-order valence-electron chi connectivity index (χ3n) is 5.15. The normalized spacial score (nSPS) is 25.2. The molecule has 2 aliphatic rings. The Hall–Kier alpha value is -1.89. The summed E-state index contributed by atoms with van der Waals surface area (Å²) in [6, 6.07) is 0. The van der Waals surface area contributed by atoms with Crippen molar-refractivity contribution in [2.24, 2.45) is 13.0 Å². The average Bonchev–Trinajstić information content (AvgIpc) is 3.21. The predicted octanol–water partition coefficient (Wildman–Crippen LogP) is 1.47. The minimum atomic E-state index is -0.867. The van der Waals surface area contributed by atoms with Crippen LogP contribution in [0.3, 0.4) is 0 Å². The summed E-state index contributed by atoms with van der Waals surface area (Å²) in [7, 11) is 1.83. The largest absolute Gasteiger partial charge is 0.479 e. The van der Waals surface area contributed by atoms with Crippen LogP contribution in [0.15, 0.2) is 6.20 Å². The fourth-order valence-corrected chi connectivity index (χ4v) is 3.81. The van der Waals surface area contributed by atoms with Crippen molar-refractivity contribution in [2.45, 2.75) is 51.2 Å². The van der Waals surface area contributed by atoms with Gasteiger partial charge in [0.1, 0.15) is 0 Å². The first kappa shape index (κ1) is 17.0. The first-order chi connectivity index (χ1) is 11.5. The summed E-state index contributed by atoms with van der Waals surface area (Å²) in [5.74, 6) is -0.471. The van der Waals surface area contributed by atoms with Crippen molar-refractivity contribution in [3.05, 3.63) is 17.5 Å². The first-order valence-electron chi connectivity index (χ1n) is 8.69. The van der Waals surface area contributed by atoms with Crippen molar-refractivity contribution < 1.29 is 19.4 Å². The lowest BCUT2D eigenvalue weighted by molar-refractivity contribution is -0.150. The number of carbonyl (C=O) groups is 2. The highest BCUT2D eigenvalue weighted by Crippen LogP contribution is 2.32. The highest BCUT2D eigenvalue weighted by atomic mass is 16.5. The minimum Gasteiger partial charge on any atom is -0.479 e. The number of amides is 1. The van der Waals surface area contributed by atoms with Gasteiger partial charge in [-0.2, -0.15) is 5.10 Å². The van der Waals surface area contributed by atoms with E-state index < -0.39 is 12.1 Å². The molecule has 24 heavy (non-hydrogen) atoms. The summed E-state index contributed by atoms with van der Waals surface area (Å²) in [5.41, 5.74) is 1.54. The van der Waals surface area contributed by atoms with Gasteiger partial charge in [-0.1, -0.05) is 6.92 Å². The van der Waals surface area contributed by atoms with Crippen LogP contribution in [0.5, 0.6) is 0 Å². The number of aromatic nitrogens is 2. The number of carboxylic acid groups (broad SMARTS) is 1. The van der Waals surface area contributed by atoms with E-state index in [9.17, 15) is 9.59 Å². The van der Waals surface area contributed by atoms with Crippen LogP contribution >= 0.6 is 0 Å². The first-order valence-corrected chi connectivity index (χ1v) is 8.69. The molecule has 1 N–H and O–H groups in total. The van der Waals surface area contributed by atoms with E-state index in [4.69, 9.17) is 9.84 Å². The number of aryl methyl sites for hydroxylation is 2. The second-order valence-corrected chi connectivity index (χ2v) is 6.73. The van der Waals surface area contributed by atoms with Crippen LogP contribution in [-0.2, 0) is 23.0 Å². The number of carbonyl (C=O) groups excluding carboxylic acids is 1. The Morgan fingerprint density at radius 3 is 2.58 bits per heavy atom.